The van der Waals surface area contributed by atoms with E-state index in [0.717, 1.165) is 41.5 Å². The van der Waals surface area contributed by atoms with Gasteiger partial charge in [0.1, 0.15) is 5.60 Å². The number of aromatic nitrogens is 1. The Balaban J connectivity index is 2.03. The van der Waals surface area contributed by atoms with E-state index < -0.39 is 5.60 Å². The van der Waals surface area contributed by atoms with Crippen molar-refractivity contribution in [3.63, 3.8) is 0 Å². The predicted octanol–water partition coefficient (Wildman–Crippen LogP) is 2.46. The Morgan fingerprint density at radius 3 is 2.89 bits per heavy atom. The lowest BCUT2D eigenvalue weighted by Gasteiger charge is -2.37. The van der Waals surface area contributed by atoms with Crippen molar-refractivity contribution in [2.45, 2.75) is 25.4 Å². The van der Waals surface area contributed by atoms with Crippen molar-refractivity contribution in [3.8, 4) is 0 Å². The fourth-order valence-electron chi connectivity index (χ4n) is 3.00. The van der Waals surface area contributed by atoms with Crippen LogP contribution in [0.25, 0.3) is 10.9 Å². The maximum Gasteiger partial charge on any atom is 0.102 e. The summed E-state index contributed by atoms with van der Waals surface area (Å²) >= 11 is 0. The normalized spacial score (nSPS) is 24.8. The van der Waals surface area contributed by atoms with Crippen LogP contribution in [-0.2, 0) is 5.60 Å². The molecule has 2 heterocycles. The molecule has 1 aliphatic heterocycles. The van der Waals surface area contributed by atoms with Crippen LogP contribution in [0.1, 0.15) is 24.1 Å². The largest absolute Gasteiger partial charge is 0.384 e. The van der Waals surface area contributed by atoms with E-state index in [4.69, 9.17) is 0 Å². The molecule has 0 spiro atoms. The third kappa shape index (κ3) is 2.36. The number of hydrogen-bond acceptors (Lipinski definition) is 3. The molecule has 3 rings (SSSR count). The van der Waals surface area contributed by atoms with Gasteiger partial charge in [0.2, 0.25) is 0 Å². The summed E-state index contributed by atoms with van der Waals surface area (Å²) in [6, 6.07) is 10.2. The quantitative estimate of drug-likeness (QED) is 0.851. The molecular formula is C16H20N2O. The van der Waals surface area contributed by atoms with Crippen LogP contribution in [0.3, 0.4) is 0 Å². The summed E-state index contributed by atoms with van der Waals surface area (Å²) in [4.78, 5) is 6.70. The number of pyridine rings is 1. The van der Waals surface area contributed by atoms with Crippen molar-refractivity contribution in [2.24, 2.45) is 0 Å². The topological polar surface area (TPSA) is 36.4 Å². The number of likely N-dealkylation sites (N-methyl/N-ethyl adjacent to an activating group) is 1. The third-order valence-corrected chi connectivity index (χ3v) is 4.03. The molecule has 19 heavy (non-hydrogen) atoms. The zero-order valence-electron chi connectivity index (χ0n) is 11.6. The van der Waals surface area contributed by atoms with Crippen molar-refractivity contribution in [1.82, 2.24) is 9.88 Å². The Hall–Kier alpha value is -1.45. The van der Waals surface area contributed by atoms with E-state index in [2.05, 4.69) is 29.1 Å². The number of likely N-dealkylation sites (tertiary alicyclic amines) is 1. The number of benzene rings is 1. The minimum absolute atomic E-state index is 0.706. The lowest BCUT2D eigenvalue weighted by Crippen LogP contribution is -2.44. The van der Waals surface area contributed by atoms with E-state index in [0.29, 0.717) is 6.54 Å². The van der Waals surface area contributed by atoms with Gasteiger partial charge in [-0.15, -0.1) is 0 Å². The minimum atomic E-state index is -0.716. The van der Waals surface area contributed by atoms with E-state index in [1.54, 1.807) is 0 Å². The van der Waals surface area contributed by atoms with Gasteiger partial charge in [-0.1, -0.05) is 12.1 Å². The monoisotopic (exact) mass is 256 g/mol. The predicted molar refractivity (Wildman–Crippen MR) is 77.1 cm³/mol. The fourth-order valence-corrected chi connectivity index (χ4v) is 3.00. The summed E-state index contributed by atoms with van der Waals surface area (Å²) in [5.74, 6) is 0. The lowest BCUT2D eigenvalue weighted by atomic mass is 9.85. The maximum absolute atomic E-state index is 10.9. The molecule has 1 N–H and O–H groups in total. The van der Waals surface area contributed by atoms with Gasteiger partial charge in [-0.3, -0.25) is 4.98 Å². The van der Waals surface area contributed by atoms with Gasteiger partial charge in [-0.05, 0) is 57.1 Å². The van der Waals surface area contributed by atoms with Crippen molar-refractivity contribution in [2.75, 3.05) is 20.1 Å². The number of aliphatic hydroxyl groups is 1. The molecule has 0 radical (unpaired) electrons. The Labute approximate surface area is 113 Å². The van der Waals surface area contributed by atoms with Crippen LogP contribution in [0.2, 0.25) is 0 Å². The number of fused-ring (bicyclic) bond motifs is 1. The molecule has 1 aliphatic rings. The number of aryl methyl sites for hydroxylation is 1. The summed E-state index contributed by atoms with van der Waals surface area (Å²) < 4.78 is 0. The summed E-state index contributed by atoms with van der Waals surface area (Å²) in [7, 11) is 2.07. The highest BCUT2D eigenvalue weighted by molar-refractivity contribution is 5.79. The first-order valence-electron chi connectivity index (χ1n) is 6.86. The van der Waals surface area contributed by atoms with Gasteiger partial charge in [0, 0.05) is 17.6 Å². The van der Waals surface area contributed by atoms with Crippen molar-refractivity contribution in [1.29, 1.82) is 0 Å². The summed E-state index contributed by atoms with van der Waals surface area (Å²) in [6.45, 7) is 3.77. The molecule has 1 saturated heterocycles. The molecule has 0 amide bonds. The smallest absolute Gasteiger partial charge is 0.102 e. The third-order valence-electron chi connectivity index (χ3n) is 4.03. The maximum atomic E-state index is 10.9. The second kappa shape index (κ2) is 4.58. The molecule has 3 heteroatoms. The Bertz CT molecular complexity index is 611. The van der Waals surface area contributed by atoms with Crippen LogP contribution in [0.15, 0.2) is 30.3 Å². The first kappa shape index (κ1) is 12.6. The standard InChI is InChI=1S/C16H20N2O/c1-12-4-5-13-10-14(6-7-15(13)17-12)16(19)8-3-9-18(2)11-16/h4-7,10,19H,3,8-9,11H2,1-2H3. The first-order valence-corrected chi connectivity index (χ1v) is 6.86. The van der Waals surface area contributed by atoms with Gasteiger partial charge in [-0.2, -0.15) is 0 Å². The van der Waals surface area contributed by atoms with Crippen LogP contribution in [-0.4, -0.2) is 35.1 Å². The molecule has 0 saturated carbocycles. The molecule has 1 aromatic heterocycles. The van der Waals surface area contributed by atoms with E-state index in [1.807, 2.05) is 25.1 Å². The van der Waals surface area contributed by atoms with Crippen molar-refractivity contribution < 1.29 is 5.11 Å². The highest BCUT2D eigenvalue weighted by Gasteiger charge is 2.33. The average molecular weight is 256 g/mol. The zero-order valence-corrected chi connectivity index (χ0v) is 11.6. The number of hydrogen-bond donors (Lipinski definition) is 1. The zero-order chi connectivity index (χ0) is 13.5. The van der Waals surface area contributed by atoms with Gasteiger partial charge in [0.25, 0.3) is 0 Å². The number of nitrogens with zero attached hydrogens (tertiary/aromatic N) is 2. The van der Waals surface area contributed by atoms with E-state index in [9.17, 15) is 5.11 Å². The first-order chi connectivity index (χ1) is 9.07. The fraction of sp³-hybridized carbons (Fsp3) is 0.438. The molecule has 0 aliphatic carbocycles. The Kier molecular flexibility index (Phi) is 3.03. The van der Waals surface area contributed by atoms with Crippen LogP contribution in [0, 0.1) is 6.92 Å². The number of β-amino-alcohol motifs (C(OH)–C–C–N with tert-alkyl or cyclic N) is 1. The SMILES string of the molecule is Cc1ccc2cc(C3(O)CCCN(C)C3)ccc2n1. The van der Waals surface area contributed by atoms with Crippen molar-refractivity contribution in [3.05, 3.63) is 41.6 Å². The molecule has 1 unspecified atom stereocenters. The lowest BCUT2D eigenvalue weighted by molar-refractivity contribution is -0.0276. The van der Waals surface area contributed by atoms with E-state index in [1.165, 1.54) is 0 Å². The van der Waals surface area contributed by atoms with Crippen LogP contribution in [0.5, 0.6) is 0 Å². The Morgan fingerprint density at radius 2 is 2.11 bits per heavy atom. The van der Waals surface area contributed by atoms with Gasteiger partial charge in [0.05, 0.1) is 5.52 Å². The van der Waals surface area contributed by atoms with E-state index in [-0.39, 0.29) is 0 Å². The molecule has 1 aromatic carbocycles. The highest BCUT2D eigenvalue weighted by Crippen LogP contribution is 2.32. The molecule has 3 nitrogen and oxygen atoms in total. The second-order valence-electron chi connectivity index (χ2n) is 5.73. The molecule has 100 valence electrons. The second-order valence-corrected chi connectivity index (χ2v) is 5.73. The van der Waals surface area contributed by atoms with Crippen LogP contribution >= 0.6 is 0 Å². The van der Waals surface area contributed by atoms with Gasteiger partial charge in [0.15, 0.2) is 0 Å². The van der Waals surface area contributed by atoms with Crippen LogP contribution in [0.4, 0.5) is 0 Å². The molecule has 2 aromatic rings. The van der Waals surface area contributed by atoms with E-state index >= 15 is 0 Å². The Morgan fingerprint density at radius 1 is 1.26 bits per heavy atom. The number of rotatable bonds is 1. The van der Waals surface area contributed by atoms with Gasteiger partial charge >= 0.3 is 0 Å². The summed E-state index contributed by atoms with van der Waals surface area (Å²) in [6.07, 6.45) is 1.87. The highest BCUT2D eigenvalue weighted by atomic mass is 16.3. The van der Waals surface area contributed by atoms with Crippen LogP contribution < -0.4 is 0 Å². The molecule has 1 fully saturated rings. The van der Waals surface area contributed by atoms with Gasteiger partial charge in [-0.25, -0.2) is 0 Å². The minimum Gasteiger partial charge on any atom is -0.384 e. The number of piperidine rings is 1. The average Bonchev–Trinajstić information content (AvgIpc) is 2.37. The molecular weight excluding hydrogens is 236 g/mol. The van der Waals surface area contributed by atoms with Gasteiger partial charge < -0.3 is 10.0 Å². The summed E-state index contributed by atoms with van der Waals surface area (Å²) in [5.41, 5.74) is 2.32. The molecule has 1 atom stereocenters. The van der Waals surface area contributed by atoms with Crippen molar-refractivity contribution >= 4 is 10.9 Å². The summed E-state index contributed by atoms with van der Waals surface area (Å²) in [5, 5.41) is 12.0. The molecule has 0 bridgehead atoms.